The smallest absolute Gasteiger partial charge is 0.224 e. The highest BCUT2D eigenvalue weighted by molar-refractivity contribution is 6.30. The first kappa shape index (κ1) is 22.8. The Labute approximate surface area is 191 Å². The van der Waals surface area contributed by atoms with Crippen LogP contribution < -0.4 is 10.6 Å². The summed E-state index contributed by atoms with van der Waals surface area (Å²) in [7, 11) is 0. The van der Waals surface area contributed by atoms with Gasteiger partial charge in [-0.1, -0.05) is 23.2 Å². The number of anilines is 1. The summed E-state index contributed by atoms with van der Waals surface area (Å²) in [6, 6.07) is 14.3. The molecule has 2 N–H and O–H groups in total. The predicted molar refractivity (Wildman–Crippen MR) is 124 cm³/mol. The molecule has 0 radical (unpaired) electrons. The quantitative estimate of drug-likeness (QED) is 0.472. The van der Waals surface area contributed by atoms with Crippen molar-refractivity contribution in [1.82, 2.24) is 15.1 Å². The lowest BCUT2D eigenvalue weighted by atomic mass is 10.1. The van der Waals surface area contributed by atoms with E-state index in [1.54, 1.807) is 24.3 Å². The summed E-state index contributed by atoms with van der Waals surface area (Å²) in [4.78, 5) is 24.4. The van der Waals surface area contributed by atoms with Gasteiger partial charge < -0.3 is 10.6 Å². The second-order valence-corrected chi connectivity index (χ2v) is 8.10. The number of nitrogens with zero attached hydrogens (tertiary/aromatic N) is 2. The molecule has 0 aliphatic rings. The minimum absolute atomic E-state index is 0.0973. The molecular weight excluding hydrogens is 435 g/mol. The summed E-state index contributed by atoms with van der Waals surface area (Å²) in [5.41, 5.74) is 4.21. The zero-order chi connectivity index (χ0) is 22.4. The SMILES string of the molecule is Cc1nn(-c2ccc(Cl)cc2)c(C)c1CC(=O)NCCCC(=O)Nc1ccc(Cl)cc1. The molecule has 2 aromatic carbocycles. The molecule has 0 atom stereocenters. The van der Waals surface area contributed by atoms with Crippen LogP contribution in [0.3, 0.4) is 0 Å². The Morgan fingerprint density at radius 3 is 2.19 bits per heavy atom. The molecule has 31 heavy (non-hydrogen) atoms. The van der Waals surface area contributed by atoms with Crippen LogP contribution in [0, 0.1) is 13.8 Å². The van der Waals surface area contributed by atoms with Crippen LogP contribution in [0.1, 0.15) is 29.8 Å². The van der Waals surface area contributed by atoms with E-state index in [0.717, 1.165) is 22.6 Å². The monoisotopic (exact) mass is 458 g/mol. The molecular formula is C23H24Cl2N4O2. The van der Waals surface area contributed by atoms with Crippen LogP contribution in [0.2, 0.25) is 10.0 Å². The molecule has 3 rings (SSSR count). The maximum absolute atomic E-state index is 12.4. The lowest BCUT2D eigenvalue weighted by molar-refractivity contribution is -0.121. The van der Waals surface area contributed by atoms with Gasteiger partial charge in [0, 0.05) is 40.0 Å². The number of hydrogen-bond acceptors (Lipinski definition) is 3. The maximum atomic E-state index is 12.4. The minimum Gasteiger partial charge on any atom is -0.356 e. The van der Waals surface area contributed by atoms with E-state index in [-0.39, 0.29) is 18.2 Å². The van der Waals surface area contributed by atoms with E-state index in [2.05, 4.69) is 15.7 Å². The third-order valence-electron chi connectivity index (χ3n) is 4.88. The number of nitrogens with one attached hydrogen (secondary N) is 2. The van der Waals surface area contributed by atoms with E-state index in [0.29, 0.717) is 35.1 Å². The van der Waals surface area contributed by atoms with Crippen molar-refractivity contribution in [2.45, 2.75) is 33.1 Å². The molecule has 8 heteroatoms. The zero-order valence-electron chi connectivity index (χ0n) is 17.4. The number of carbonyl (C=O) groups excluding carboxylic acids is 2. The van der Waals surface area contributed by atoms with E-state index >= 15 is 0 Å². The molecule has 0 aliphatic heterocycles. The van der Waals surface area contributed by atoms with E-state index in [9.17, 15) is 9.59 Å². The lowest BCUT2D eigenvalue weighted by Crippen LogP contribution is -2.27. The van der Waals surface area contributed by atoms with E-state index in [1.807, 2.05) is 42.8 Å². The fourth-order valence-electron chi connectivity index (χ4n) is 3.22. The average molecular weight is 459 g/mol. The second-order valence-electron chi connectivity index (χ2n) is 7.22. The van der Waals surface area contributed by atoms with Gasteiger partial charge in [0.2, 0.25) is 11.8 Å². The molecule has 0 saturated carbocycles. The van der Waals surface area contributed by atoms with Crippen molar-refractivity contribution in [3.8, 4) is 5.69 Å². The van der Waals surface area contributed by atoms with Gasteiger partial charge in [0.25, 0.3) is 0 Å². The first-order valence-electron chi connectivity index (χ1n) is 9.96. The largest absolute Gasteiger partial charge is 0.356 e. The Kier molecular flexibility index (Phi) is 7.71. The van der Waals surface area contributed by atoms with Crippen molar-refractivity contribution < 1.29 is 9.59 Å². The number of aryl methyl sites for hydroxylation is 1. The van der Waals surface area contributed by atoms with Gasteiger partial charge in [-0.05, 0) is 68.8 Å². The molecule has 2 amide bonds. The number of aromatic nitrogens is 2. The molecule has 0 unspecified atom stereocenters. The summed E-state index contributed by atoms with van der Waals surface area (Å²) in [5.74, 6) is -0.201. The van der Waals surface area contributed by atoms with Crippen LogP contribution in [0.25, 0.3) is 5.69 Å². The van der Waals surface area contributed by atoms with Gasteiger partial charge >= 0.3 is 0 Å². The highest BCUT2D eigenvalue weighted by atomic mass is 35.5. The average Bonchev–Trinajstić information content (AvgIpc) is 3.02. The lowest BCUT2D eigenvalue weighted by Gasteiger charge is -2.08. The summed E-state index contributed by atoms with van der Waals surface area (Å²) in [6.07, 6.45) is 1.10. The van der Waals surface area contributed by atoms with Crippen molar-refractivity contribution in [2.24, 2.45) is 0 Å². The Balaban J connectivity index is 1.47. The number of halogens is 2. The normalized spacial score (nSPS) is 10.7. The maximum Gasteiger partial charge on any atom is 0.224 e. The standard InChI is InChI=1S/C23H24Cl2N4O2/c1-15-21(16(2)29(28-15)20-11-7-18(25)8-12-20)14-23(31)26-13-3-4-22(30)27-19-9-5-17(24)6-10-19/h5-12H,3-4,13-14H2,1-2H3,(H,26,31)(H,27,30). The topological polar surface area (TPSA) is 76.0 Å². The molecule has 0 spiro atoms. The fraction of sp³-hybridized carbons (Fsp3) is 0.261. The second kappa shape index (κ2) is 10.5. The molecule has 0 bridgehead atoms. The minimum atomic E-state index is -0.104. The number of rotatable bonds is 8. The third kappa shape index (κ3) is 6.32. The van der Waals surface area contributed by atoms with Crippen LogP contribution in [0.15, 0.2) is 48.5 Å². The molecule has 3 aromatic rings. The molecule has 6 nitrogen and oxygen atoms in total. The van der Waals surface area contributed by atoms with E-state index < -0.39 is 0 Å². The van der Waals surface area contributed by atoms with Gasteiger partial charge in [-0.15, -0.1) is 0 Å². The molecule has 0 saturated heterocycles. The molecule has 162 valence electrons. The van der Waals surface area contributed by atoms with Crippen molar-refractivity contribution >= 4 is 40.7 Å². The van der Waals surface area contributed by atoms with Gasteiger partial charge in [0.15, 0.2) is 0 Å². The number of benzene rings is 2. The highest BCUT2D eigenvalue weighted by Crippen LogP contribution is 2.20. The highest BCUT2D eigenvalue weighted by Gasteiger charge is 2.16. The Morgan fingerprint density at radius 2 is 1.55 bits per heavy atom. The summed E-state index contributed by atoms with van der Waals surface area (Å²) < 4.78 is 1.81. The summed E-state index contributed by atoms with van der Waals surface area (Å²) >= 11 is 11.8. The molecule has 0 aliphatic carbocycles. The Morgan fingerprint density at radius 1 is 0.935 bits per heavy atom. The van der Waals surface area contributed by atoms with Crippen LogP contribution in [0.5, 0.6) is 0 Å². The Bertz CT molecular complexity index is 1060. The van der Waals surface area contributed by atoms with Crippen LogP contribution >= 0.6 is 23.2 Å². The Hall–Kier alpha value is -2.83. The summed E-state index contributed by atoms with van der Waals surface area (Å²) in [5, 5.41) is 11.5. The van der Waals surface area contributed by atoms with Gasteiger partial charge in [-0.3, -0.25) is 9.59 Å². The summed E-state index contributed by atoms with van der Waals surface area (Å²) in [6.45, 7) is 4.26. The molecule has 1 heterocycles. The van der Waals surface area contributed by atoms with E-state index in [1.165, 1.54) is 0 Å². The van der Waals surface area contributed by atoms with Crippen LogP contribution in [0.4, 0.5) is 5.69 Å². The molecule has 0 fully saturated rings. The fourth-order valence-corrected chi connectivity index (χ4v) is 3.47. The van der Waals surface area contributed by atoms with Crippen LogP contribution in [-0.4, -0.2) is 28.1 Å². The van der Waals surface area contributed by atoms with E-state index in [4.69, 9.17) is 23.2 Å². The number of hydrogen-bond donors (Lipinski definition) is 2. The zero-order valence-corrected chi connectivity index (χ0v) is 18.9. The first-order valence-corrected chi connectivity index (χ1v) is 10.7. The van der Waals surface area contributed by atoms with Gasteiger partial charge in [-0.2, -0.15) is 5.10 Å². The third-order valence-corrected chi connectivity index (χ3v) is 5.38. The van der Waals surface area contributed by atoms with Crippen LogP contribution in [-0.2, 0) is 16.0 Å². The van der Waals surface area contributed by atoms with Crippen molar-refractivity contribution in [3.05, 3.63) is 75.5 Å². The number of amides is 2. The van der Waals surface area contributed by atoms with Crippen molar-refractivity contribution in [1.29, 1.82) is 0 Å². The van der Waals surface area contributed by atoms with Crippen molar-refractivity contribution in [3.63, 3.8) is 0 Å². The van der Waals surface area contributed by atoms with Gasteiger partial charge in [0.1, 0.15) is 0 Å². The van der Waals surface area contributed by atoms with Gasteiger partial charge in [0.05, 0.1) is 17.8 Å². The molecule has 1 aromatic heterocycles. The first-order chi connectivity index (χ1) is 14.8. The number of carbonyl (C=O) groups is 2. The van der Waals surface area contributed by atoms with Gasteiger partial charge in [-0.25, -0.2) is 4.68 Å². The predicted octanol–water partition coefficient (Wildman–Crippen LogP) is 4.87. The van der Waals surface area contributed by atoms with Crippen molar-refractivity contribution in [2.75, 3.05) is 11.9 Å².